The summed E-state index contributed by atoms with van der Waals surface area (Å²) in [5.74, 6) is 0. The van der Waals surface area contributed by atoms with Gasteiger partial charge in [-0.1, -0.05) is 15.9 Å². The molecule has 0 radical (unpaired) electrons. The maximum atomic E-state index is 3.50. The van der Waals surface area contributed by atoms with Gasteiger partial charge in [0.2, 0.25) is 0 Å². The summed E-state index contributed by atoms with van der Waals surface area (Å²) in [5, 5.41) is 4.72. The highest BCUT2D eigenvalue weighted by molar-refractivity contribution is 9.10. The summed E-state index contributed by atoms with van der Waals surface area (Å²) in [5.41, 5.74) is 2.93. The standard InChI is InChI=1S/C13H15BrN2/c1-15-13(4-5-13)8-11-7-9-6-10(14)2-3-12(9)16-11/h2-3,6-7,15-16H,4-5,8H2,1H3. The predicted molar refractivity (Wildman–Crippen MR) is 70.7 cm³/mol. The van der Waals surface area contributed by atoms with E-state index in [9.17, 15) is 0 Å². The molecule has 16 heavy (non-hydrogen) atoms. The number of nitrogens with one attached hydrogen (secondary N) is 2. The van der Waals surface area contributed by atoms with E-state index in [4.69, 9.17) is 0 Å². The van der Waals surface area contributed by atoms with Crippen molar-refractivity contribution in [3.8, 4) is 0 Å². The Kier molecular flexibility index (Phi) is 2.33. The molecule has 0 aliphatic heterocycles. The Bertz CT molecular complexity index is 526. The van der Waals surface area contributed by atoms with Crippen LogP contribution >= 0.6 is 15.9 Å². The van der Waals surface area contributed by atoms with Crippen molar-refractivity contribution in [2.45, 2.75) is 24.8 Å². The quantitative estimate of drug-likeness (QED) is 0.887. The van der Waals surface area contributed by atoms with Gasteiger partial charge in [-0.05, 0) is 44.2 Å². The molecule has 2 nitrogen and oxygen atoms in total. The van der Waals surface area contributed by atoms with Gasteiger partial charge in [-0.15, -0.1) is 0 Å². The molecule has 1 aliphatic carbocycles. The third kappa shape index (κ3) is 1.78. The normalized spacial score (nSPS) is 17.9. The zero-order chi connectivity index (χ0) is 11.2. The van der Waals surface area contributed by atoms with Crippen molar-refractivity contribution in [3.05, 3.63) is 34.4 Å². The second-order valence-corrected chi connectivity index (χ2v) is 5.65. The average Bonchev–Trinajstić information content (AvgIpc) is 2.92. The van der Waals surface area contributed by atoms with Crippen LogP contribution in [0.2, 0.25) is 0 Å². The topological polar surface area (TPSA) is 27.8 Å². The van der Waals surface area contributed by atoms with Gasteiger partial charge in [0.15, 0.2) is 0 Å². The number of fused-ring (bicyclic) bond motifs is 1. The molecular weight excluding hydrogens is 264 g/mol. The maximum absolute atomic E-state index is 3.50. The van der Waals surface area contributed by atoms with Gasteiger partial charge in [0.1, 0.15) is 0 Å². The van der Waals surface area contributed by atoms with Crippen LogP contribution in [0.1, 0.15) is 18.5 Å². The fourth-order valence-electron chi connectivity index (χ4n) is 2.29. The molecule has 0 saturated heterocycles. The molecule has 0 unspecified atom stereocenters. The van der Waals surface area contributed by atoms with Crippen molar-refractivity contribution < 1.29 is 0 Å². The Morgan fingerprint density at radius 1 is 1.38 bits per heavy atom. The summed E-state index contributed by atoms with van der Waals surface area (Å²) in [6.45, 7) is 0. The first kappa shape index (κ1) is 10.4. The summed E-state index contributed by atoms with van der Waals surface area (Å²) in [4.78, 5) is 3.49. The molecule has 3 heteroatoms. The van der Waals surface area contributed by atoms with Crippen molar-refractivity contribution >= 4 is 26.8 Å². The SMILES string of the molecule is CNC1(Cc2cc3cc(Br)ccc3[nH]2)CC1. The molecule has 3 rings (SSSR count). The van der Waals surface area contributed by atoms with Crippen LogP contribution < -0.4 is 5.32 Å². The number of benzene rings is 1. The first-order valence-corrected chi connectivity index (χ1v) is 6.46. The van der Waals surface area contributed by atoms with Crippen molar-refractivity contribution in [2.24, 2.45) is 0 Å². The molecule has 0 amide bonds. The van der Waals surface area contributed by atoms with Crippen molar-refractivity contribution in [2.75, 3.05) is 7.05 Å². The van der Waals surface area contributed by atoms with Crippen LogP contribution in [0.3, 0.4) is 0 Å². The minimum absolute atomic E-state index is 0.373. The fraction of sp³-hybridized carbons (Fsp3) is 0.385. The van der Waals surface area contributed by atoms with Crippen LogP contribution in [0.15, 0.2) is 28.7 Å². The van der Waals surface area contributed by atoms with E-state index >= 15 is 0 Å². The lowest BCUT2D eigenvalue weighted by Crippen LogP contribution is -2.29. The molecule has 1 aromatic carbocycles. The largest absolute Gasteiger partial charge is 0.358 e. The fourth-order valence-corrected chi connectivity index (χ4v) is 2.67. The second kappa shape index (κ2) is 3.60. The number of H-pyrrole nitrogens is 1. The van der Waals surface area contributed by atoms with Crippen LogP contribution in [0, 0.1) is 0 Å². The lowest BCUT2D eigenvalue weighted by molar-refractivity contribution is 0.544. The number of aromatic amines is 1. The minimum Gasteiger partial charge on any atom is -0.358 e. The van der Waals surface area contributed by atoms with Gasteiger partial charge in [0, 0.05) is 33.0 Å². The summed E-state index contributed by atoms with van der Waals surface area (Å²) < 4.78 is 1.14. The van der Waals surface area contributed by atoms with Crippen LogP contribution in [-0.2, 0) is 6.42 Å². The number of hydrogen-bond donors (Lipinski definition) is 2. The number of likely N-dealkylation sites (N-methyl/N-ethyl adjacent to an activating group) is 1. The summed E-state index contributed by atoms with van der Waals surface area (Å²) in [7, 11) is 2.06. The average molecular weight is 279 g/mol. The van der Waals surface area contributed by atoms with E-state index < -0.39 is 0 Å². The van der Waals surface area contributed by atoms with Crippen LogP contribution in [0.4, 0.5) is 0 Å². The molecule has 1 fully saturated rings. The molecule has 0 bridgehead atoms. The van der Waals surface area contributed by atoms with Gasteiger partial charge in [-0.3, -0.25) is 0 Å². The van der Waals surface area contributed by atoms with Gasteiger partial charge in [0.05, 0.1) is 0 Å². The number of aromatic nitrogens is 1. The highest BCUT2D eigenvalue weighted by Crippen LogP contribution is 2.38. The molecule has 0 spiro atoms. The van der Waals surface area contributed by atoms with Crippen molar-refractivity contribution in [1.82, 2.24) is 10.3 Å². The zero-order valence-electron chi connectivity index (χ0n) is 9.31. The molecular formula is C13H15BrN2. The van der Waals surface area contributed by atoms with E-state index in [-0.39, 0.29) is 0 Å². The van der Waals surface area contributed by atoms with Gasteiger partial charge in [0.25, 0.3) is 0 Å². The maximum Gasteiger partial charge on any atom is 0.0456 e. The van der Waals surface area contributed by atoms with E-state index in [1.165, 1.54) is 29.4 Å². The monoisotopic (exact) mass is 278 g/mol. The summed E-state index contributed by atoms with van der Waals surface area (Å²) >= 11 is 3.50. The van der Waals surface area contributed by atoms with E-state index in [0.29, 0.717) is 5.54 Å². The molecule has 2 aromatic rings. The van der Waals surface area contributed by atoms with Gasteiger partial charge >= 0.3 is 0 Å². The molecule has 2 N–H and O–H groups in total. The van der Waals surface area contributed by atoms with E-state index in [0.717, 1.165) is 10.9 Å². The molecule has 1 aromatic heterocycles. The predicted octanol–water partition coefficient (Wildman–Crippen LogP) is 3.22. The summed E-state index contributed by atoms with van der Waals surface area (Å²) in [6, 6.07) is 8.63. The van der Waals surface area contributed by atoms with Crippen LogP contribution in [0.5, 0.6) is 0 Å². The van der Waals surface area contributed by atoms with Crippen molar-refractivity contribution in [1.29, 1.82) is 0 Å². The third-order valence-corrected chi connectivity index (χ3v) is 4.04. The van der Waals surface area contributed by atoms with Crippen LogP contribution in [-0.4, -0.2) is 17.6 Å². The molecule has 1 aliphatic rings. The van der Waals surface area contributed by atoms with E-state index in [2.05, 4.69) is 57.5 Å². The van der Waals surface area contributed by atoms with E-state index in [1.54, 1.807) is 0 Å². The second-order valence-electron chi connectivity index (χ2n) is 4.73. The number of hydrogen-bond acceptors (Lipinski definition) is 1. The Morgan fingerprint density at radius 2 is 2.19 bits per heavy atom. The Hall–Kier alpha value is -0.800. The Morgan fingerprint density at radius 3 is 2.88 bits per heavy atom. The lowest BCUT2D eigenvalue weighted by atomic mass is 10.1. The van der Waals surface area contributed by atoms with Crippen LogP contribution in [0.25, 0.3) is 10.9 Å². The van der Waals surface area contributed by atoms with Gasteiger partial charge in [-0.2, -0.15) is 0 Å². The third-order valence-electron chi connectivity index (χ3n) is 3.55. The highest BCUT2D eigenvalue weighted by Gasteiger charge is 2.41. The lowest BCUT2D eigenvalue weighted by Gasteiger charge is -2.11. The first-order chi connectivity index (χ1) is 7.71. The number of halogens is 1. The van der Waals surface area contributed by atoms with E-state index in [1.807, 2.05) is 0 Å². The van der Waals surface area contributed by atoms with Gasteiger partial charge in [-0.25, -0.2) is 0 Å². The Balaban J connectivity index is 1.93. The highest BCUT2D eigenvalue weighted by atomic mass is 79.9. The Labute approximate surface area is 104 Å². The molecule has 1 heterocycles. The molecule has 84 valence electrons. The van der Waals surface area contributed by atoms with Crippen molar-refractivity contribution in [3.63, 3.8) is 0 Å². The smallest absolute Gasteiger partial charge is 0.0456 e. The first-order valence-electron chi connectivity index (χ1n) is 5.67. The minimum atomic E-state index is 0.373. The number of rotatable bonds is 3. The molecule has 0 atom stereocenters. The zero-order valence-corrected chi connectivity index (χ0v) is 10.9. The molecule has 1 saturated carbocycles. The van der Waals surface area contributed by atoms with Gasteiger partial charge < -0.3 is 10.3 Å². The summed E-state index contributed by atoms with van der Waals surface area (Å²) in [6.07, 6.45) is 3.70.